The minimum atomic E-state index is 0.259. The topological polar surface area (TPSA) is 81.4 Å². The van der Waals surface area contributed by atoms with Crippen LogP contribution in [-0.4, -0.2) is 33.0 Å². The van der Waals surface area contributed by atoms with Gasteiger partial charge in [0, 0.05) is 13.1 Å². The van der Waals surface area contributed by atoms with Gasteiger partial charge in [-0.3, -0.25) is 0 Å². The van der Waals surface area contributed by atoms with Crippen molar-refractivity contribution in [3.05, 3.63) is 97.6 Å². The average Bonchev–Trinajstić information content (AvgIpc) is 3.77. The molecule has 0 bridgehead atoms. The molecule has 0 amide bonds. The first-order chi connectivity index (χ1) is 18.7. The lowest BCUT2D eigenvalue weighted by molar-refractivity contribution is 0.605. The van der Waals surface area contributed by atoms with Gasteiger partial charge in [-0.25, -0.2) is 9.97 Å². The Morgan fingerprint density at radius 1 is 0.605 bits per heavy atom. The van der Waals surface area contributed by atoms with Crippen LogP contribution in [0.25, 0.3) is 44.3 Å². The van der Waals surface area contributed by atoms with Crippen LogP contribution in [0.2, 0.25) is 0 Å². The van der Waals surface area contributed by atoms with E-state index >= 15 is 0 Å². The lowest BCUT2D eigenvalue weighted by Crippen LogP contribution is -2.14. The molecule has 38 heavy (non-hydrogen) atoms. The third kappa shape index (κ3) is 4.16. The van der Waals surface area contributed by atoms with Crippen molar-refractivity contribution in [3.63, 3.8) is 0 Å². The number of nitrogens with one attached hydrogen (secondary N) is 4. The zero-order valence-electron chi connectivity index (χ0n) is 21.4. The Morgan fingerprint density at radius 3 is 1.42 bits per heavy atom. The molecule has 190 valence electrons. The largest absolute Gasteiger partial charge is 0.341 e. The molecular weight excluding hydrogens is 468 g/mol. The lowest BCUT2D eigenvalue weighted by atomic mass is 10.00. The van der Waals surface area contributed by atoms with E-state index in [-0.39, 0.29) is 12.1 Å². The Morgan fingerprint density at radius 2 is 1.03 bits per heavy atom. The normalized spacial score (nSPS) is 23.4. The second kappa shape index (κ2) is 9.39. The van der Waals surface area contributed by atoms with Crippen molar-refractivity contribution in [2.45, 2.75) is 24.9 Å². The summed E-state index contributed by atoms with van der Waals surface area (Å²) in [5, 5.41) is 7.11. The quantitative estimate of drug-likeness (QED) is 0.202. The molecule has 7 rings (SSSR count). The maximum Gasteiger partial charge on any atom is 0.124 e. The fourth-order valence-electron chi connectivity index (χ4n) is 5.90. The monoisotopic (exact) mass is 500 g/mol. The van der Waals surface area contributed by atoms with Crippen molar-refractivity contribution in [2.24, 2.45) is 11.8 Å². The van der Waals surface area contributed by atoms with Crippen molar-refractivity contribution >= 4 is 22.1 Å². The van der Waals surface area contributed by atoms with Crippen LogP contribution in [0.3, 0.4) is 0 Å². The van der Waals surface area contributed by atoms with E-state index in [2.05, 4.69) is 94.4 Å². The van der Waals surface area contributed by atoms with Crippen molar-refractivity contribution in [1.82, 2.24) is 30.6 Å². The van der Waals surface area contributed by atoms with Gasteiger partial charge in [-0.15, -0.1) is 13.2 Å². The van der Waals surface area contributed by atoms with E-state index in [0.717, 1.165) is 59.6 Å². The lowest BCUT2D eigenvalue weighted by Gasteiger charge is -2.06. The average molecular weight is 501 g/mol. The highest BCUT2D eigenvalue weighted by atomic mass is 15.1. The molecule has 2 saturated heterocycles. The molecule has 2 aliphatic rings. The molecule has 4 unspecified atom stereocenters. The van der Waals surface area contributed by atoms with E-state index in [4.69, 9.17) is 9.97 Å². The maximum absolute atomic E-state index is 4.84. The Kier molecular flexibility index (Phi) is 5.72. The molecule has 0 spiro atoms. The fourth-order valence-corrected chi connectivity index (χ4v) is 5.90. The minimum absolute atomic E-state index is 0.259. The van der Waals surface area contributed by atoms with Gasteiger partial charge in [0.1, 0.15) is 11.6 Å². The molecule has 4 heterocycles. The van der Waals surface area contributed by atoms with Crippen molar-refractivity contribution in [2.75, 3.05) is 13.1 Å². The summed E-state index contributed by atoms with van der Waals surface area (Å²) < 4.78 is 0. The van der Waals surface area contributed by atoms with Crippen molar-refractivity contribution in [3.8, 4) is 22.3 Å². The van der Waals surface area contributed by atoms with Crippen molar-refractivity contribution < 1.29 is 0 Å². The number of aromatic amines is 2. The number of nitrogens with zero attached hydrogens (tertiary/aromatic N) is 2. The molecule has 6 nitrogen and oxygen atoms in total. The molecule has 3 aromatic carbocycles. The number of benzene rings is 3. The summed E-state index contributed by atoms with van der Waals surface area (Å²) >= 11 is 0. The predicted molar refractivity (Wildman–Crippen MR) is 155 cm³/mol. The third-order valence-electron chi connectivity index (χ3n) is 8.21. The third-order valence-corrected chi connectivity index (χ3v) is 8.21. The Labute approximate surface area is 222 Å². The number of H-pyrrole nitrogens is 2. The zero-order valence-corrected chi connectivity index (χ0v) is 21.4. The summed E-state index contributed by atoms with van der Waals surface area (Å²) in [6.07, 6.45) is 6.15. The van der Waals surface area contributed by atoms with Gasteiger partial charge in [0.2, 0.25) is 0 Å². The Balaban J connectivity index is 1.11. The van der Waals surface area contributed by atoms with Crippen LogP contribution >= 0.6 is 0 Å². The van der Waals surface area contributed by atoms with Gasteiger partial charge in [-0.05, 0) is 71.2 Å². The van der Waals surface area contributed by atoms with Crippen LogP contribution in [-0.2, 0) is 0 Å². The maximum atomic E-state index is 4.84. The van der Waals surface area contributed by atoms with E-state index in [1.54, 1.807) is 0 Å². The standard InChI is InChI=1S/C32H32N6/c1-3-19-13-29(33-17-19)31-35-25-11-9-23(15-27(25)37-31)21-5-7-22(8-6-21)24-10-12-26-28(16-24)38-32(36-26)30-14-20(4-2)18-34-30/h3-12,15-16,19-20,29-30,33-34H,1-2,13-14,17-18H2,(H,35,37)(H,36,38). The van der Waals surface area contributed by atoms with Gasteiger partial charge in [0.15, 0.2) is 0 Å². The van der Waals surface area contributed by atoms with Gasteiger partial charge < -0.3 is 20.6 Å². The molecule has 2 aliphatic heterocycles. The van der Waals surface area contributed by atoms with Gasteiger partial charge in [-0.2, -0.15) is 0 Å². The first-order valence-corrected chi connectivity index (χ1v) is 13.5. The van der Waals surface area contributed by atoms with E-state index < -0.39 is 0 Å². The Hall–Kier alpha value is -4.00. The molecule has 2 aromatic heterocycles. The van der Waals surface area contributed by atoms with E-state index in [1.807, 2.05) is 12.2 Å². The fraction of sp³-hybridized carbons (Fsp3) is 0.250. The number of fused-ring (bicyclic) bond motifs is 2. The molecule has 6 heteroatoms. The first-order valence-electron chi connectivity index (χ1n) is 13.5. The summed E-state index contributed by atoms with van der Waals surface area (Å²) in [7, 11) is 0. The molecule has 0 radical (unpaired) electrons. The van der Waals surface area contributed by atoms with Crippen LogP contribution in [0.1, 0.15) is 36.6 Å². The molecule has 4 N–H and O–H groups in total. The number of hydrogen-bond donors (Lipinski definition) is 4. The number of rotatable bonds is 6. The molecule has 2 fully saturated rings. The van der Waals surface area contributed by atoms with E-state index in [9.17, 15) is 0 Å². The first kappa shape index (κ1) is 23.1. The van der Waals surface area contributed by atoms with Crippen LogP contribution in [0.4, 0.5) is 0 Å². The molecule has 5 aromatic rings. The van der Waals surface area contributed by atoms with E-state index in [0.29, 0.717) is 11.8 Å². The molecule has 0 aliphatic carbocycles. The number of aromatic nitrogens is 4. The zero-order chi connectivity index (χ0) is 25.6. The summed E-state index contributed by atoms with van der Waals surface area (Å²) in [4.78, 5) is 16.8. The van der Waals surface area contributed by atoms with Crippen LogP contribution in [0.15, 0.2) is 86.0 Å². The second-order valence-electron chi connectivity index (χ2n) is 10.7. The molecule has 4 atom stereocenters. The van der Waals surface area contributed by atoms with Gasteiger partial charge in [-0.1, -0.05) is 48.6 Å². The highest BCUT2D eigenvalue weighted by Gasteiger charge is 2.26. The van der Waals surface area contributed by atoms with Crippen LogP contribution in [0, 0.1) is 11.8 Å². The number of hydrogen-bond acceptors (Lipinski definition) is 4. The molecule has 0 saturated carbocycles. The summed E-state index contributed by atoms with van der Waals surface area (Å²) in [5.41, 5.74) is 8.88. The van der Waals surface area contributed by atoms with Crippen molar-refractivity contribution in [1.29, 1.82) is 0 Å². The highest BCUT2D eigenvalue weighted by molar-refractivity contribution is 5.84. The summed E-state index contributed by atoms with van der Waals surface area (Å²) in [6, 6.07) is 22.2. The smallest absolute Gasteiger partial charge is 0.124 e. The Bertz CT molecular complexity index is 1520. The van der Waals surface area contributed by atoms with E-state index in [1.165, 1.54) is 22.3 Å². The minimum Gasteiger partial charge on any atom is -0.341 e. The number of imidazole rings is 2. The second-order valence-corrected chi connectivity index (χ2v) is 10.7. The van der Waals surface area contributed by atoms with Crippen LogP contribution in [0.5, 0.6) is 0 Å². The van der Waals surface area contributed by atoms with Crippen LogP contribution < -0.4 is 10.6 Å². The summed E-state index contributed by atoms with van der Waals surface area (Å²) in [5.74, 6) is 3.04. The van der Waals surface area contributed by atoms with Gasteiger partial charge in [0.25, 0.3) is 0 Å². The predicted octanol–water partition coefficient (Wildman–Crippen LogP) is 6.45. The SMILES string of the molecule is C=CC1CNC(c2nc3ccc(-c4ccc(-c5ccc6nc(C7CC(C=C)CN7)[nH]c6c5)cc4)cc3[nH]2)C1. The molecular formula is C32H32N6. The highest BCUT2D eigenvalue weighted by Crippen LogP contribution is 2.32. The van der Waals surface area contributed by atoms with Gasteiger partial charge >= 0.3 is 0 Å². The van der Waals surface area contributed by atoms with Gasteiger partial charge in [0.05, 0.1) is 34.2 Å². The summed E-state index contributed by atoms with van der Waals surface area (Å²) in [6.45, 7) is 9.80.